The van der Waals surface area contributed by atoms with E-state index >= 15 is 0 Å². The SMILES string of the molecule is C[Si](C)(C)C#Cc1csc(N2CCC(F)(F)CC2)n1. The molecular weight excluding hydrogens is 282 g/mol. The highest BCUT2D eigenvalue weighted by atomic mass is 32.1. The molecule has 0 N–H and O–H groups in total. The van der Waals surface area contributed by atoms with Crippen molar-refractivity contribution in [1.29, 1.82) is 0 Å². The van der Waals surface area contributed by atoms with Crippen LogP contribution in [0.4, 0.5) is 13.9 Å². The third kappa shape index (κ3) is 4.29. The fourth-order valence-corrected chi connectivity index (χ4v) is 3.06. The van der Waals surface area contributed by atoms with Crippen molar-refractivity contribution in [2.45, 2.75) is 38.4 Å². The Labute approximate surface area is 117 Å². The predicted octanol–water partition coefficient (Wildman–Crippen LogP) is 3.61. The van der Waals surface area contributed by atoms with E-state index in [4.69, 9.17) is 0 Å². The Kier molecular flexibility index (Phi) is 3.97. The second-order valence-corrected chi connectivity index (χ2v) is 11.4. The number of hydrogen-bond acceptors (Lipinski definition) is 3. The van der Waals surface area contributed by atoms with E-state index in [2.05, 4.69) is 36.1 Å². The summed E-state index contributed by atoms with van der Waals surface area (Å²) in [7, 11) is -1.40. The average molecular weight is 300 g/mol. The lowest BCUT2D eigenvalue weighted by Gasteiger charge is -2.31. The fraction of sp³-hybridized carbons (Fsp3) is 0.615. The van der Waals surface area contributed by atoms with Crippen molar-refractivity contribution in [1.82, 2.24) is 4.98 Å². The Hall–Kier alpha value is -0.933. The molecule has 0 amide bonds. The van der Waals surface area contributed by atoms with Crippen LogP contribution in [0.15, 0.2) is 5.38 Å². The Morgan fingerprint density at radius 2 is 1.95 bits per heavy atom. The molecule has 1 aliphatic heterocycles. The van der Waals surface area contributed by atoms with Gasteiger partial charge in [-0.15, -0.1) is 16.9 Å². The molecule has 1 aliphatic rings. The van der Waals surface area contributed by atoms with E-state index < -0.39 is 14.0 Å². The number of hydrogen-bond donors (Lipinski definition) is 0. The number of thiazole rings is 1. The van der Waals surface area contributed by atoms with Gasteiger partial charge in [-0.25, -0.2) is 13.8 Å². The van der Waals surface area contributed by atoms with Crippen molar-refractivity contribution < 1.29 is 8.78 Å². The predicted molar refractivity (Wildman–Crippen MR) is 78.7 cm³/mol. The van der Waals surface area contributed by atoms with Crippen molar-refractivity contribution in [3.63, 3.8) is 0 Å². The molecule has 1 aromatic rings. The highest BCUT2D eigenvalue weighted by molar-refractivity contribution is 7.13. The number of rotatable bonds is 1. The molecule has 104 valence electrons. The van der Waals surface area contributed by atoms with Gasteiger partial charge in [0.05, 0.1) is 0 Å². The maximum atomic E-state index is 13.1. The van der Waals surface area contributed by atoms with E-state index in [0.717, 1.165) is 10.8 Å². The van der Waals surface area contributed by atoms with E-state index in [1.54, 1.807) is 0 Å². The Bertz CT molecular complexity index is 501. The van der Waals surface area contributed by atoms with Gasteiger partial charge in [0.2, 0.25) is 0 Å². The van der Waals surface area contributed by atoms with Crippen LogP contribution in [0, 0.1) is 11.5 Å². The highest BCUT2D eigenvalue weighted by Crippen LogP contribution is 2.31. The lowest BCUT2D eigenvalue weighted by Crippen LogP contribution is -2.39. The molecule has 2 rings (SSSR count). The summed E-state index contributed by atoms with van der Waals surface area (Å²) in [5.74, 6) is 0.591. The lowest BCUT2D eigenvalue weighted by molar-refractivity contribution is -0.0220. The van der Waals surface area contributed by atoms with Crippen molar-refractivity contribution >= 4 is 24.5 Å². The molecule has 0 unspecified atom stereocenters. The summed E-state index contributed by atoms with van der Waals surface area (Å²) in [6.45, 7) is 7.29. The molecule has 2 heterocycles. The van der Waals surface area contributed by atoms with Gasteiger partial charge < -0.3 is 4.90 Å². The molecule has 0 saturated carbocycles. The Morgan fingerprint density at radius 3 is 2.53 bits per heavy atom. The van der Waals surface area contributed by atoms with Gasteiger partial charge in [0, 0.05) is 31.3 Å². The van der Waals surface area contributed by atoms with E-state index in [1.807, 2.05) is 10.3 Å². The van der Waals surface area contributed by atoms with Crippen LogP contribution in [0.2, 0.25) is 19.6 Å². The van der Waals surface area contributed by atoms with Crippen LogP contribution in [0.1, 0.15) is 18.5 Å². The average Bonchev–Trinajstić information content (AvgIpc) is 2.74. The first-order valence-corrected chi connectivity index (χ1v) is 10.7. The first-order chi connectivity index (χ1) is 8.75. The Morgan fingerprint density at radius 1 is 1.32 bits per heavy atom. The zero-order chi connectivity index (χ0) is 14.1. The maximum Gasteiger partial charge on any atom is 0.251 e. The standard InChI is InChI=1S/C13H18F2N2SSi/c1-19(2,3)9-4-11-10-18-12(16-11)17-7-5-13(14,15)6-8-17/h10H,5-8H2,1-3H3. The first kappa shape index (κ1) is 14.5. The van der Waals surface area contributed by atoms with Gasteiger partial charge in [0.1, 0.15) is 13.8 Å². The van der Waals surface area contributed by atoms with Crippen LogP contribution >= 0.6 is 11.3 Å². The summed E-state index contributed by atoms with van der Waals surface area (Å²) in [4.78, 5) is 6.37. The van der Waals surface area contributed by atoms with Crippen molar-refractivity contribution in [2.24, 2.45) is 0 Å². The van der Waals surface area contributed by atoms with Gasteiger partial charge in [0.15, 0.2) is 5.13 Å². The molecule has 0 atom stereocenters. The zero-order valence-electron chi connectivity index (χ0n) is 11.5. The first-order valence-electron chi connectivity index (χ1n) is 6.37. The number of anilines is 1. The molecule has 0 aromatic carbocycles. The monoisotopic (exact) mass is 300 g/mol. The van der Waals surface area contributed by atoms with Crippen LogP contribution < -0.4 is 4.90 Å². The molecule has 0 bridgehead atoms. The number of halogens is 2. The largest absolute Gasteiger partial charge is 0.348 e. The maximum absolute atomic E-state index is 13.1. The van der Waals surface area contributed by atoms with E-state index in [9.17, 15) is 8.78 Å². The quantitative estimate of drug-likeness (QED) is 0.582. The van der Waals surface area contributed by atoms with Gasteiger partial charge in [-0.3, -0.25) is 0 Å². The van der Waals surface area contributed by atoms with Crippen LogP contribution in [0.3, 0.4) is 0 Å². The third-order valence-electron chi connectivity index (χ3n) is 2.82. The lowest BCUT2D eigenvalue weighted by atomic mass is 10.1. The molecular formula is C13H18F2N2SSi. The molecule has 1 fully saturated rings. The molecule has 1 aromatic heterocycles. The van der Waals surface area contributed by atoms with Crippen molar-refractivity contribution in [3.8, 4) is 11.5 Å². The number of nitrogens with zero attached hydrogens (tertiary/aromatic N) is 2. The van der Waals surface area contributed by atoms with Crippen LogP contribution in [-0.2, 0) is 0 Å². The smallest absolute Gasteiger partial charge is 0.251 e. The zero-order valence-corrected chi connectivity index (χ0v) is 13.3. The van der Waals surface area contributed by atoms with Gasteiger partial charge in [-0.1, -0.05) is 25.6 Å². The Balaban J connectivity index is 2.03. The summed E-state index contributed by atoms with van der Waals surface area (Å²) in [6.07, 6.45) is -0.162. The molecule has 0 spiro atoms. The summed E-state index contributed by atoms with van der Waals surface area (Å²) >= 11 is 1.49. The van der Waals surface area contributed by atoms with E-state index in [1.165, 1.54) is 11.3 Å². The minimum Gasteiger partial charge on any atom is -0.348 e. The van der Waals surface area contributed by atoms with Gasteiger partial charge in [-0.2, -0.15) is 0 Å². The summed E-state index contributed by atoms with van der Waals surface area (Å²) in [5, 5.41) is 2.73. The topological polar surface area (TPSA) is 16.1 Å². The number of alkyl halides is 2. The van der Waals surface area contributed by atoms with Crippen molar-refractivity contribution in [3.05, 3.63) is 11.1 Å². The summed E-state index contributed by atoms with van der Waals surface area (Å²) in [6, 6.07) is 0. The minimum absolute atomic E-state index is 0.0809. The minimum atomic E-state index is -2.51. The molecule has 0 radical (unpaired) electrons. The van der Waals surface area contributed by atoms with Crippen molar-refractivity contribution in [2.75, 3.05) is 18.0 Å². The summed E-state index contributed by atoms with van der Waals surface area (Å²) < 4.78 is 26.2. The number of piperidine rings is 1. The van der Waals surface area contributed by atoms with Crippen LogP contribution in [-0.4, -0.2) is 32.1 Å². The molecule has 19 heavy (non-hydrogen) atoms. The number of aromatic nitrogens is 1. The van der Waals surface area contributed by atoms with Gasteiger partial charge in [0.25, 0.3) is 5.92 Å². The third-order valence-corrected chi connectivity index (χ3v) is 4.60. The second-order valence-electron chi connectivity index (χ2n) is 5.86. The highest BCUT2D eigenvalue weighted by Gasteiger charge is 2.34. The second kappa shape index (κ2) is 5.21. The molecule has 1 saturated heterocycles. The molecule has 0 aliphatic carbocycles. The van der Waals surface area contributed by atoms with Gasteiger partial charge in [-0.05, 0) is 0 Å². The fourth-order valence-electron chi connectivity index (χ4n) is 1.74. The van der Waals surface area contributed by atoms with Crippen LogP contribution in [0.25, 0.3) is 0 Å². The van der Waals surface area contributed by atoms with E-state index in [-0.39, 0.29) is 12.8 Å². The normalized spacial score (nSPS) is 18.9. The summed E-state index contributed by atoms with van der Waals surface area (Å²) in [5.41, 5.74) is 4.03. The molecule has 2 nitrogen and oxygen atoms in total. The molecule has 6 heteroatoms. The van der Waals surface area contributed by atoms with E-state index in [0.29, 0.717) is 13.1 Å². The van der Waals surface area contributed by atoms with Crippen LogP contribution in [0.5, 0.6) is 0 Å². The van der Waals surface area contributed by atoms with Gasteiger partial charge >= 0.3 is 0 Å².